The Bertz CT molecular complexity index is 411. The van der Waals surface area contributed by atoms with Crippen LogP contribution in [0.25, 0.3) is 0 Å². The van der Waals surface area contributed by atoms with Crippen molar-refractivity contribution in [1.82, 2.24) is 10.2 Å². The second-order valence-corrected chi connectivity index (χ2v) is 6.46. The quantitative estimate of drug-likeness (QED) is 0.895. The summed E-state index contributed by atoms with van der Waals surface area (Å²) in [7, 11) is 0. The summed E-state index contributed by atoms with van der Waals surface area (Å²) in [5, 5.41) is 3.10. The highest BCUT2D eigenvalue weighted by Crippen LogP contribution is 2.29. The van der Waals surface area contributed by atoms with Gasteiger partial charge in [0.1, 0.15) is 0 Å². The molecule has 3 rings (SSSR count). The molecule has 5 heteroatoms. The van der Waals surface area contributed by atoms with Crippen LogP contribution in [-0.4, -0.2) is 41.9 Å². The average Bonchev–Trinajstić information content (AvgIpc) is 3.17. The lowest BCUT2D eigenvalue weighted by Gasteiger charge is -2.34. The minimum Gasteiger partial charge on any atom is -0.472 e. The Morgan fingerprint density at radius 2 is 2.26 bits per heavy atom. The molecule has 1 saturated carbocycles. The van der Waals surface area contributed by atoms with E-state index >= 15 is 0 Å². The molecule has 2 aliphatic rings. The van der Waals surface area contributed by atoms with Crippen LogP contribution in [0.4, 0.5) is 0 Å². The van der Waals surface area contributed by atoms with Crippen molar-refractivity contribution in [1.29, 1.82) is 0 Å². The van der Waals surface area contributed by atoms with Gasteiger partial charge < -0.3 is 9.73 Å². The van der Waals surface area contributed by atoms with Gasteiger partial charge in [-0.2, -0.15) is 11.8 Å². The van der Waals surface area contributed by atoms with Gasteiger partial charge in [0, 0.05) is 42.6 Å². The smallest absolute Gasteiger partial charge is 0.223 e. The summed E-state index contributed by atoms with van der Waals surface area (Å²) in [6, 6.07) is 2.26. The molecule has 0 bridgehead atoms. The van der Waals surface area contributed by atoms with Crippen molar-refractivity contribution < 1.29 is 9.21 Å². The third kappa shape index (κ3) is 3.34. The molecule has 1 aliphatic heterocycles. The van der Waals surface area contributed by atoms with Crippen LogP contribution in [0, 0.1) is 5.92 Å². The lowest BCUT2D eigenvalue weighted by atomic mass is 10.1. The van der Waals surface area contributed by atoms with Crippen molar-refractivity contribution in [3.05, 3.63) is 24.2 Å². The van der Waals surface area contributed by atoms with Crippen molar-refractivity contribution in [3.8, 4) is 0 Å². The zero-order valence-electron chi connectivity index (χ0n) is 11.0. The molecular weight excluding hydrogens is 260 g/mol. The highest BCUT2D eigenvalue weighted by Gasteiger charge is 2.31. The maximum atomic E-state index is 11.8. The molecule has 1 aliphatic carbocycles. The Labute approximate surface area is 117 Å². The van der Waals surface area contributed by atoms with Crippen molar-refractivity contribution >= 4 is 17.7 Å². The number of carbonyl (C=O) groups excluding carboxylic acids is 1. The monoisotopic (exact) mass is 280 g/mol. The SMILES string of the molecule is O=C(NC[C@@H](c1ccoc1)N1CCSCC1)C1CC1. The largest absolute Gasteiger partial charge is 0.472 e. The molecule has 0 aromatic carbocycles. The highest BCUT2D eigenvalue weighted by atomic mass is 32.2. The molecule has 104 valence electrons. The zero-order chi connectivity index (χ0) is 13.1. The normalized spacial score (nSPS) is 22.1. The lowest BCUT2D eigenvalue weighted by Crippen LogP contribution is -2.42. The minimum absolute atomic E-state index is 0.222. The number of hydrogen-bond acceptors (Lipinski definition) is 4. The van der Waals surface area contributed by atoms with E-state index in [4.69, 9.17) is 4.42 Å². The number of hydrogen-bond donors (Lipinski definition) is 1. The number of nitrogens with one attached hydrogen (secondary N) is 1. The van der Waals surface area contributed by atoms with Crippen molar-refractivity contribution in [2.45, 2.75) is 18.9 Å². The fourth-order valence-corrected chi connectivity index (χ4v) is 3.43. The molecule has 1 aromatic heterocycles. The van der Waals surface area contributed by atoms with Crippen molar-refractivity contribution in [3.63, 3.8) is 0 Å². The van der Waals surface area contributed by atoms with Gasteiger partial charge in [0.15, 0.2) is 0 Å². The molecule has 4 nitrogen and oxygen atoms in total. The van der Waals surface area contributed by atoms with Gasteiger partial charge in [0.25, 0.3) is 0 Å². The van der Waals surface area contributed by atoms with Gasteiger partial charge >= 0.3 is 0 Å². The van der Waals surface area contributed by atoms with Crippen LogP contribution >= 0.6 is 11.8 Å². The van der Waals surface area contributed by atoms with E-state index in [9.17, 15) is 4.79 Å². The van der Waals surface area contributed by atoms with Crippen molar-refractivity contribution in [2.24, 2.45) is 5.92 Å². The van der Waals surface area contributed by atoms with E-state index in [-0.39, 0.29) is 17.9 Å². The Morgan fingerprint density at radius 3 is 2.89 bits per heavy atom. The van der Waals surface area contributed by atoms with Crippen LogP contribution in [0.1, 0.15) is 24.4 Å². The fourth-order valence-electron chi connectivity index (χ4n) is 2.50. The summed E-state index contributed by atoms with van der Waals surface area (Å²) in [4.78, 5) is 14.3. The van der Waals surface area contributed by atoms with Gasteiger partial charge in [-0.15, -0.1) is 0 Å². The number of nitrogens with zero attached hydrogens (tertiary/aromatic N) is 1. The summed E-state index contributed by atoms with van der Waals surface area (Å²) in [5.41, 5.74) is 1.17. The maximum absolute atomic E-state index is 11.8. The van der Waals surface area contributed by atoms with Gasteiger partial charge in [-0.3, -0.25) is 9.69 Å². The van der Waals surface area contributed by atoms with Gasteiger partial charge in [-0.05, 0) is 18.9 Å². The number of carbonyl (C=O) groups is 1. The van der Waals surface area contributed by atoms with Gasteiger partial charge in [-0.1, -0.05) is 0 Å². The first kappa shape index (κ1) is 13.1. The molecule has 0 radical (unpaired) electrons. The number of amides is 1. The molecule has 2 fully saturated rings. The summed E-state index contributed by atoms with van der Waals surface area (Å²) >= 11 is 2.00. The molecule has 1 atom stereocenters. The van der Waals surface area contributed by atoms with Crippen LogP contribution in [0.15, 0.2) is 23.0 Å². The summed E-state index contributed by atoms with van der Waals surface area (Å²) in [5.74, 6) is 2.84. The highest BCUT2D eigenvalue weighted by molar-refractivity contribution is 7.99. The third-order valence-corrected chi connectivity index (χ3v) is 4.77. The first-order valence-corrected chi connectivity index (χ1v) is 8.11. The molecule has 1 saturated heterocycles. The molecule has 19 heavy (non-hydrogen) atoms. The second kappa shape index (κ2) is 6.01. The fraction of sp³-hybridized carbons (Fsp3) is 0.643. The van der Waals surface area contributed by atoms with E-state index in [1.807, 2.05) is 17.8 Å². The average molecular weight is 280 g/mol. The number of thioether (sulfide) groups is 1. The van der Waals surface area contributed by atoms with E-state index in [0.717, 1.165) is 25.9 Å². The standard InChI is InChI=1S/C14H20N2O2S/c17-14(11-1-2-11)15-9-13(12-3-6-18-10-12)16-4-7-19-8-5-16/h3,6,10-11,13H,1-2,4-5,7-9H2,(H,15,17)/t13-/m0/s1. The number of furan rings is 1. The van der Waals surface area contributed by atoms with E-state index in [0.29, 0.717) is 6.54 Å². The first-order chi connectivity index (χ1) is 9.34. The predicted molar refractivity (Wildman–Crippen MR) is 76.1 cm³/mol. The summed E-state index contributed by atoms with van der Waals surface area (Å²) < 4.78 is 5.21. The molecule has 1 aromatic rings. The molecule has 0 spiro atoms. The minimum atomic E-state index is 0.222. The Morgan fingerprint density at radius 1 is 1.47 bits per heavy atom. The van der Waals surface area contributed by atoms with Gasteiger partial charge in [0.05, 0.1) is 18.6 Å². The van der Waals surface area contributed by atoms with Crippen LogP contribution in [0.5, 0.6) is 0 Å². The van der Waals surface area contributed by atoms with E-state index in [2.05, 4.69) is 10.2 Å². The zero-order valence-corrected chi connectivity index (χ0v) is 11.8. The topological polar surface area (TPSA) is 45.5 Å². The molecule has 0 unspecified atom stereocenters. The van der Waals surface area contributed by atoms with E-state index < -0.39 is 0 Å². The predicted octanol–water partition coefficient (Wildman–Crippen LogP) is 1.90. The molecule has 1 amide bonds. The van der Waals surface area contributed by atoms with Crippen LogP contribution in [-0.2, 0) is 4.79 Å². The van der Waals surface area contributed by atoms with Crippen LogP contribution in [0.3, 0.4) is 0 Å². The Balaban J connectivity index is 1.63. The lowest BCUT2D eigenvalue weighted by molar-refractivity contribution is -0.122. The van der Waals surface area contributed by atoms with Crippen LogP contribution < -0.4 is 5.32 Å². The molecular formula is C14H20N2O2S. The second-order valence-electron chi connectivity index (χ2n) is 5.24. The Hall–Kier alpha value is -0.940. The molecule has 1 N–H and O–H groups in total. The van der Waals surface area contributed by atoms with Crippen molar-refractivity contribution in [2.75, 3.05) is 31.1 Å². The summed E-state index contributed by atoms with van der Waals surface area (Å²) in [6.07, 6.45) is 5.63. The summed E-state index contributed by atoms with van der Waals surface area (Å²) in [6.45, 7) is 2.86. The Kier molecular flexibility index (Phi) is 4.13. The molecule has 2 heterocycles. The van der Waals surface area contributed by atoms with Gasteiger partial charge in [-0.25, -0.2) is 0 Å². The van der Waals surface area contributed by atoms with E-state index in [1.165, 1.54) is 17.1 Å². The van der Waals surface area contributed by atoms with E-state index in [1.54, 1.807) is 12.5 Å². The third-order valence-electron chi connectivity index (χ3n) is 3.83. The first-order valence-electron chi connectivity index (χ1n) is 6.96. The number of rotatable bonds is 5. The maximum Gasteiger partial charge on any atom is 0.223 e. The van der Waals surface area contributed by atoms with Crippen LogP contribution in [0.2, 0.25) is 0 Å². The van der Waals surface area contributed by atoms with Gasteiger partial charge in [0.2, 0.25) is 5.91 Å².